The highest BCUT2D eigenvalue weighted by atomic mass is 16.5. The second-order valence-electron chi connectivity index (χ2n) is 2.46. The molecule has 66 valence electrons. The quantitative estimate of drug-likeness (QED) is 0.723. The lowest BCUT2D eigenvalue weighted by atomic mass is 10.2. The third kappa shape index (κ3) is 1.64. The van der Waals surface area contributed by atoms with Crippen molar-refractivity contribution in [3.63, 3.8) is 0 Å². The van der Waals surface area contributed by atoms with Crippen molar-refractivity contribution in [2.24, 2.45) is 0 Å². The Morgan fingerprint density at radius 3 is 3.00 bits per heavy atom. The van der Waals surface area contributed by atoms with E-state index in [-0.39, 0.29) is 5.56 Å². The van der Waals surface area contributed by atoms with E-state index in [1.807, 2.05) is 6.92 Å². The average Bonchev–Trinajstić information content (AvgIpc) is 2.05. The molecule has 0 aliphatic rings. The Hall–Kier alpha value is -1.32. The van der Waals surface area contributed by atoms with Gasteiger partial charge in [-0.05, 0) is 6.42 Å². The summed E-state index contributed by atoms with van der Waals surface area (Å²) in [6, 6.07) is 0. The Balaban J connectivity index is 3.09. The number of nitrogens with zero attached hydrogens (tertiary/aromatic N) is 1. The van der Waals surface area contributed by atoms with Gasteiger partial charge in [-0.15, -0.1) is 0 Å². The van der Waals surface area contributed by atoms with Gasteiger partial charge in [0, 0.05) is 0 Å². The molecule has 0 atom stereocenters. The number of rotatable bonds is 3. The maximum atomic E-state index is 11.1. The number of ether oxygens (including phenoxy) is 1. The smallest absolute Gasteiger partial charge is 0.293 e. The van der Waals surface area contributed by atoms with Crippen molar-refractivity contribution in [3.05, 3.63) is 22.4 Å². The van der Waals surface area contributed by atoms with Gasteiger partial charge in [0.15, 0.2) is 0 Å². The molecule has 12 heavy (non-hydrogen) atoms. The third-order valence-electron chi connectivity index (χ3n) is 1.58. The molecule has 0 saturated heterocycles. The van der Waals surface area contributed by atoms with E-state index in [1.54, 1.807) is 0 Å². The van der Waals surface area contributed by atoms with E-state index in [4.69, 9.17) is 4.74 Å². The number of aromatic amines is 1. The lowest BCUT2D eigenvalue weighted by molar-refractivity contribution is 0.399. The highest BCUT2D eigenvalue weighted by Gasteiger charge is 2.06. The predicted octanol–water partition coefficient (Wildman–Crippen LogP) is 0.731. The van der Waals surface area contributed by atoms with E-state index >= 15 is 0 Å². The molecule has 0 fully saturated rings. The van der Waals surface area contributed by atoms with Crippen LogP contribution in [0.1, 0.15) is 19.0 Å². The fourth-order valence-corrected chi connectivity index (χ4v) is 1.05. The molecule has 1 aromatic rings. The van der Waals surface area contributed by atoms with E-state index in [0.29, 0.717) is 5.75 Å². The minimum atomic E-state index is -0.212. The van der Waals surface area contributed by atoms with Crippen LogP contribution in [0.15, 0.2) is 11.1 Å². The summed E-state index contributed by atoms with van der Waals surface area (Å²) in [5.41, 5.74) is 0.514. The molecule has 0 spiro atoms. The number of hydrogen-bond donors (Lipinski definition) is 1. The van der Waals surface area contributed by atoms with Crippen LogP contribution in [0.5, 0.6) is 5.75 Å². The summed E-state index contributed by atoms with van der Waals surface area (Å²) >= 11 is 0. The molecule has 0 bridgehead atoms. The molecule has 1 heterocycles. The van der Waals surface area contributed by atoms with Crippen LogP contribution in [0.2, 0.25) is 0 Å². The van der Waals surface area contributed by atoms with Crippen LogP contribution in [-0.4, -0.2) is 17.1 Å². The molecule has 0 radical (unpaired) electrons. The number of methoxy groups -OCH3 is 1. The number of aryl methyl sites for hydroxylation is 1. The first-order valence-corrected chi connectivity index (χ1v) is 3.90. The average molecular weight is 168 g/mol. The Labute approximate surface area is 70.6 Å². The van der Waals surface area contributed by atoms with Crippen LogP contribution in [0.4, 0.5) is 0 Å². The van der Waals surface area contributed by atoms with Crippen LogP contribution < -0.4 is 10.3 Å². The van der Waals surface area contributed by atoms with Crippen molar-refractivity contribution < 1.29 is 4.74 Å². The van der Waals surface area contributed by atoms with Crippen LogP contribution in [0, 0.1) is 0 Å². The molecule has 0 unspecified atom stereocenters. The van der Waals surface area contributed by atoms with Crippen LogP contribution in [0.25, 0.3) is 0 Å². The summed E-state index contributed by atoms with van der Waals surface area (Å²) in [5.74, 6) is 0.333. The summed E-state index contributed by atoms with van der Waals surface area (Å²) in [6.45, 7) is 2.03. The van der Waals surface area contributed by atoms with Gasteiger partial charge in [-0.1, -0.05) is 13.3 Å². The van der Waals surface area contributed by atoms with Gasteiger partial charge in [0.25, 0.3) is 5.56 Å². The minimum Gasteiger partial charge on any atom is -0.490 e. The van der Waals surface area contributed by atoms with Gasteiger partial charge in [-0.2, -0.15) is 0 Å². The van der Waals surface area contributed by atoms with Crippen molar-refractivity contribution in [2.45, 2.75) is 19.8 Å². The summed E-state index contributed by atoms with van der Waals surface area (Å²) < 4.78 is 4.92. The number of aromatic nitrogens is 2. The molecule has 4 nitrogen and oxygen atoms in total. The summed E-state index contributed by atoms with van der Waals surface area (Å²) in [7, 11) is 1.48. The van der Waals surface area contributed by atoms with Gasteiger partial charge in [0.05, 0.1) is 19.1 Å². The molecular formula is C8H12N2O2. The summed E-state index contributed by atoms with van der Waals surface area (Å²) in [4.78, 5) is 17.6. The van der Waals surface area contributed by atoms with Crippen molar-refractivity contribution in [2.75, 3.05) is 7.11 Å². The molecule has 0 aliphatic heterocycles. The first kappa shape index (κ1) is 8.77. The maximum absolute atomic E-state index is 11.1. The second-order valence-corrected chi connectivity index (χ2v) is 2.46. The summed E-state index contributed by atoms with van der Waals surface area (Å²) in [5, 5.41) is 0. The largest absolute Gasteiger partial charge is 0.490 e. The fourth-order valence-electron chi connectivity index (χ4n) is 1.05. The number of H-pyrrole nitrogens is 1. The highest BCUT2D eigenvalue weighted by Crippen LogP contribution is 2.09. The van der Waals surface area contributed by atoms with E-state index in [2.05, 4.69) is 9.97 Å². The second kappa shape index (κ2) is 3.90. The van der Waals surface area contributed by atoms with E-state index in [1.165, 1.54) is 13.4 Å². The molecule has 0 aliphatic carbocycles. The van der Waals surface area contributed by atoms with Gasteiger partial charge in [0.1, 0.15) is 0 Å². The van der Waals surface area contributed by atoms with Crippen molar-refractivity contribution in [1.29, 1.82) is 0 Å². The van der Waals surface area contributed by atoms with E-state index in [9.17, 15) is 4.79 Å². The maximum Gasteiger partial charge on any atom is 0.293 e. The highest BCUT2D eigenvalue weighted by molar-refractivity contribution is 5.23. The Bertz CT molecular complexity index is 306. The molecule has 0 saturated carbocycles. The standard InChI is InChI=1S/C8H12N2O2/c1-3-4-6-7(12-2)8(11)10-5-9-6/h5H,3-4H2,1-2H3,(H,9,10,11). The Morgan fingerprint density at radius 2 is 2.42 bits per heavy atom. The minimum absolute atomic E-state index is 0.212. The van der Waals surface area contributed by atoms with Crippen molar-refractivity contribution in [1.82, 2.24) is 9.97 Å². The normalized spacial score (nSPS) is 9.83. The van der Waals surface area contributed by atoms with Crippen molar-refractivity contribution in [3.8, 4) is 5.75 Å². The van der Waals surface area contributed by atoms with Gasteiger partial charge in [-0.3, -0.25) is 4.79 Å². The monoisotopic (exact) mass is 168 g/mol. The SMILES string of the molecule is CCCc1nc[nH]c(=O)c1OC. The molecule has 0 amide bonds. The first-order valence-electron chi connectivity index (χ1n) is 3.90. The molecule has 4 heteroatoms. The topological polar surface area (TPSA) is 55.0 Å². The van der Waals surface area contributed by atoms with Crippen LogP contribution >= 0.6 is 0 Å². The zero-order valence-electron chi connectivity index (χ0n) is 7.26. The van der Waals surface area contributed by atoms with Gasteiger partial charge in [-0.25, -0.2) is 4.98 Å². The number of hydrogen-bond acceptors (Lipinski definition) is 3. The van der Waals surface area contributed by atoms with Gasteiger partial charge < -0.3 is 9.72 Å². The number of nitrogens with one attached hydrogen (secondary N) is 1. The van der Waals surface area contributed by atoms with E-state index in [0.717, 1.165) is 18.5 Å². The van der Waals surface area contributed by atoms with E-state index < -0.39 is 0 Å². The van der Waals surface area contributed by atoms with Crippen LogP contribution in [-0.2, 0) is 6.42 Å². The van der Waals surface area contributed by atoms with Gasteiger partial charge in [0.2, 0.25) is 5.75 Å². The predicted molar refractivity (Wildman–Crippen MR) is 45.4 cm³/mol. The Kier molecular flexibility index (Phi) is 2.85. The molecular weight excluding hydrogens is 156 g/mol. The van der Waals surface area contributed by atoms with Crippen LogP contribution in [0.3, 0.4) is 0 Å². The lowest BCUT2D eigenvalue weighted by Gasteiger charge is -2.03. The lowest BCUT2D eigenvalue weighted by Crippen LogP contribution is -2.12. The third-order valence-corrected chi connectivity index (χ3v) is 1.58. The zero-order chi connectivity index (χ0) is 8.97. The molecule has 1 N–H and O–H groups in total. The fraction of sp³-hybridized carbons (Fsp3) is 0.500. The molecule has 0 aromatic carbocycles. The molecule has 1 aromatic heterocycles. The summed E-state index contributed by atoms with van der Waals surface area (Å²) in [6.07, 6.45) is 3.12. The Morgan fingerprint density at radius 1 is 1.67 bits per heavy atom. The first-order chi connectivity index (χ1) is 5.79. The van der Waals surface area contributed by atoms with Gasteiger partial charge >= 0.3 is 0 Å². The molecule has 1 rings (SSSR count). The zero-order valence-corrected chi connectivity index (χ0v) is 7.26. The van der Waals surface area contributed by atoms with Crippen molar-refractivity contribution >= 4 is 0 Å².